The summed E-state index contributed by atoms with van der Waals surface area (Å²) in [4.78, 5) is 0. The lowest BCUT2D eigenvalue weighted by Crippen LogP contribution is -2.26. The van der Waals surface area contributed by atoms with Crippen LogP contribution in [-0.4, -0.2) is 0 Å². The molecule has 2 aliphatic carbocycles. The summed E-state index contributed by atoms with van der Waals surface area (Å²) in [5.41, 5.74) is 4.21. The predicted molar refractivity (Wildman–Crippen MR) is 66.7 cm³/mol. The van der Waals surface area contributed by atoms with Crippen LogP contribution in [0.2, 0.25) is 0 Å². The fourth-order valence-corrected chi connectivity index (χ4v) is 4.24. The van der Waals surface area contributed by atoms with Gasteiger partial charge in [-0.25, -0.2) is 0 Å². The third-order valence-electron chi connectivity index (χ3n) is 5.92. The maximum Gasteiger partial charge on any atom is -0.00195 e. The molecular weight excluding hydrogens is 180 g/mol. The molecule has 1 fully saturated rings. The van der Waals surface area contributed by atoms with Gasteiger partial charge < -0.3 is 0 Å². The van der Waals surface area contributed by atoms with Gasteiger partial charge in [0.2, 0.25) is 0 Å². The number of allylic oxidation sites excluding steroid dienone is 4. The summed E-state index contributed by atoms with van der Waals surface area (Å²) in [6, 6.07) is 0. The van der Waals surface area contributed by atoms with Crippen molar-refractivity contribution in [1.29, 1.82) is 0 Å². The van der Waals surface area contributed by atoms with E-state index in [1.54, 1.807) is 11.1 Å². The van der Waals surface area contributed by atoms with Crippen LogP contribution in [0.3, 0.4) is 0 Å². The fourth-order valence-electron chi connectivity index (χ4n) is 4.24. The van der Waals surface area contributed by atoms with Crippen molar-refractivity contribution in [2.24, 2.45) is 22.7 Å². The summed E-state index contributed by atoms with van der Waals surface area (Å²) in [6.07, 6.45) is 6.01. The van der Waals surface area contributed by atoms with Gasteiger partial charge in [0.1, 0.15) is 0 Å². The lowest BCUT2D eigenvalue weighted by atomic mass is 9.70. The average molecular weight is 204 g/mol. The summed E-state index contributed by atoms with van der Waals surface area (Å²) < 4.78 is 0. The highest BCUT2D eigenvalue weighted by molar-refractivity contribution is 5.40. The van der Waals surface area contributed by atoms with Crippen LogP contribution in [0.15, 0.2) is 23.3 Å². The molecule has 0 spiro atoms. The SMILES string of the molecule is C/C=C/C1CC2(C)C(C)=C(C)C1(C)C2C. The molecule has 0 heteroatoms. The zero-order valence-electron chi connectivity index (χ0n) is 11.0. The van der Waals surface area contributed by atoms with Crippen LogP contribution in [0.5, 0.6) is 0 Å². The molecule has 0 aromatic rings. The van der Waals surface area contributed by atoms with Gasteiger partial charge in [0.15, 0.2) is 0 Å². The van der Waals surface area contributed by atoms with E-state index in [1.165, 1.54) is 6.42 Å². The maximum absolute atomic E-state index is 2.47. The second-order valence-corrected chi connectivity index (χ2v) is 6.01. The van der Waals surface area contributed by atoms with Gasteiger partial charge in [-0.15, -0.1) is 0 Å². The second kappa shape index (κ2) is 2.99. The van der Waals surface area contributed by atoms with Crippen molar-refractivity contribution in [2.45, 2.75) is 48.0 Å². The van der Waals surface area contributed by atoms with E-state index in [0.717, 1.165) is 11.8 Å². The average Bonchev–Trinajstić information content (AvgIpc) is 2.46. The molecule has 2 bridgehead atoms. The molecule has 1 saturated carbocycles. The largest absolute Gasteiger partial charge is 0.0914 e. The highest BCUT2D eigenvalue weighted by Gasteiger charge is 2.61. The van der Waals surface area contributed by atoms with E-state index in [9.17, 15) is 0 Å². The smallest absolute Gasteiger partial charge is 0.00195 e. The second-order valence-electron chi connectivity index (χ2n) is 6.01. The Morgan fingerprint density at radius 3 is 2.20 bits per heavy atom. The van der Waals surface area contributed by atoms with Gasteiger partial charge in [0, 0.05) is 0 Å². The van der Waals surface area contributed by atoms with Crippen LogP contribution in [0, 0.1) is 22.7 Å². The van der Waals surface area contributed by atoms with Crippen LogP contribution < -0.4 is 0 Å². The first-order valence-electron chi connectivity index (χ1n) is 6.20. The molecule has 15 heavy (non-hydrogen) atoms. The number of rotatable bonds is 1. The quantitative estimate of drug-likeness (QED) is 0.548. The molecule has 0 nitrogen and oxygen atoms in total. The molecule has 0 saturated heterocycles. The number of fused-ring (bicyclic) bond motifs is 2. The van der Waals surface area contributed by atoms with E-state index in [-0.39, 0.29) is 0 Å². The standard InChI is InChI=1S/C15H24/c1-7-8-13-9-14(5)10(2)11(3)15(13,6)12(14)4/h7-8,12-13H,9H2,1-6H3/b8-7+. The minimum Gasteiger partial charge on any atom is -0.0914 e. The van der Waals surface area contributed by atoms with Crippen LogP contribution >= 0.6 is 0 Å². The summed E-state index contributed by atoms with van der Waals surface area (Å²) in [6.45, 7) is 14.2. The minimum absolute atomic E-state index is 0.422. The Morgan fingerprint density at radius 2 is 1.80 bits per heavy atom. The van der Waals surface area contributed by atoms with Crippen LogP contribution in [0.25, 0.3) is 0 Å². The van der Waals surface area contributed by atoms with Crippen molar-refractivity contribution < 1.29 is 0 Å². The van der Waals surface area contributed by atoms with Crippen molar-refractivity contribution >= 4 is 0 Å². The van der Waals surface area contributed by atoms with Crippen LogP contribution in [0.1, 0.15) is 48.0 Å². The van der Waals surface area contributed by atoms with E-state index in [2.05, 4.69) is 53.7 Å². The van der Waals surface area contributed by atoms with Gasteiger partial charge in [0.05, 0.1) is 0 Å². The summed E-state index contributed by atoms with van der Waals surface area (Å²) in [7, 11) is 0. The molecule has 0 amide bonds. The molecular formula is C15H24. The molecule has 84 valence electrons. The lowest BCUT2D eigenvalue weighted by Gasteiger charge is -2.34. The van der Waals surface area contributed by atoms with Crippen molar-refractivity contribution in [1.82, 2.24) is 0 Å². The normalized spacial score (nSPS) is 49.7. The minimum atomic E-state index is 0.422. The van der Waals surface area contributed by atoms with Crippen LogP contribution in [0.4, 0.5) is 0 Å². The van der Waals surface area contributed by atoms with Gasteiger partial charge in [-0.1, -0.05) is 44.1 Å². The fraction of sp³-hybridized carbons (Fsp3) is 0.733. The van der Waals surface area contributed by atoms with Crippen molar-refractivity contribution in [3.05, 3.63) is 23.3 Å². The Hall–Kier alpha value is -0.520. The molecule has 0 heterocycles. The molecule has 0 aromatic carbocycles. The molecule has 4 unspecified atom stereocenters. The Bertz CT molecular complexity index is 347. The Morgan fingerprint density at radius 1 is 1.20 bits per heavy atom. The first kappa shape index (κ1) is 11.0. The first-order valence-corrected chi connectivity index (χ1v) is 6.20. The third kappa shape index (κ3) is 1.03. The van der Waals surface area contributed by atoms with E-state index in [0.29, 0.717) is 10.8 Å². The third-order valence-corrected chi connectivity index (χ3v) is 5.92. The predicted octanol–water partition coefficient (Wildman–Crippen LogP) is 4.58. The Balaban J connectivity index is 2.54. The highest BCUT2D eigenvalue weighted by Crippen LogP contribution is 2.69. The highest BCUT2D eigenvalue weighted by atomic mass is 14.6. The lowest BCUT2D eigenvalue weighted by molar-refractivity contribution is 0.235. The molecule has 4 atom stereocenters. The first-order chi connectivity index (χ1) is 6.89. The van der Waals surface area contributed by atoms with E-state index in [4.69, 9.17) is 0 Å². The van der Waals surface area contributed by atoms with Gasteiger partial charge >= 0.3 is 0 Å². The summed E-state index contributed by atoms with van der Waals surface area (Å²) in [5, 5.41) is 0. The maximum atomic E-state index is 2.47. The van der Waals surface area contributed by atoms with Crippen molar-refractivity contribution in [3.63, 3.8) is 0 Å². The molecule has 2 aliphatic rings. The molecule has 0 aromatic heterocycles. The van der Waals surface area contributed by atoms with E-state index < -0.39 is 0 Å². The summed E-state index contributed by atoms with van der Waals surface area (Å²) in [5.74, 6) is 1.55. The number of hydrogen-bond donors (Lipinski definition) is 0. The van der Waals surface area contributed by atoms with Gasteiger partial charge in [-0.2, -0.15) is 0 Å². The Kier molecular flexibility index (Phi) is 2.19. The van der Waals surface area contributed by atoms with Gasteiger partial charge in [-0.3, -0.25) is 0 Å². The zero-order valence-corrected chi connectivity index (χ0v) is 11.0. The number of hydrogen-bond acceptors (Lipinski definition) is 0. The monoisotopic (exact) mass is 204 g/mol. The van der Waals surface area contributed by atoms with Gasteiger partial charge in [-0.05, 0) is 49.9 Å². The van der Waals surface area contributed by atoms with E-state index in [1.807, 2.05) is 0 Å². The van der Waals surface area contributed by atoms with E-state index >= 15 is 0 Å². The molecule has 2 rings (SSSR count). The van der Waals surface area contributed by atoms with Crippen LogP contribution in [-0.2, 0) is 0 Å². The zero-order chi connectivity index (χ0) is 11.4. The van der Waals surface area contributed by atoms with Crippen molar-refractivity contribution in [3.8, 4) is 0 Å². The summed E-state index contributed by atoms with van der Waals surface area (Å²) >= 11 is 0. The molecule has 0 aliphatic heterocycles. The molecule has 0 N–H and O–H groups in total. The van der Waals surface area contributed by atoms with Crippen molar-refractivity contribution in [2.75, 3.05) is 0 Å². The molecule has 0 radical (unpaired) electrons. The van der Waals surface area contributed by atoms with Gasteiger partial charge in [0.25, 0.3) is 0 Å². The topological polar surface area (TPSA) is 0 Å². The Labute approximate surface area is 94.5 Å².